The van der Waals surface area contributed by atoms with Gasteiger partial charge in [0.15, 0.2) is 5.96 Å². The van der Waals surface area contributed by atoms with Crippen LogP contribution in [-0.4, -0.2) is 83.5 Å². The van der Waals surface area contributed by atoms with E-state index in [1.165, 1.54) is 4.90 Å². The Morgan fingerprint density at radius 2 is 1.69 bits per heavy atom. The molecule has 0 aliphatic carbocycles. The molecule has 0 aromatic rings. The van der Waals surface area contributed by atoms with Gasteiger partial charge in [0.1, 0.15) is 18.1 Å². The largest absolute Gasteiger partial charge is 0.480 e. The summed E-state index contributed by atoms with van der Waals surface area (Å²) in [6.45, 7) is 4.91. The van der Waals surface area contributed by atoms with Gasteiger partial charge < -0.3 is 43.6 Å². The van der Waals surface area contributed by atoms with Gasteiger partial charge in [-0.3, -0.25) is 19.4 Å². The number of rotatable bonds is 16. The maximum absolute atomic E-state index is 13.2. The van der Waals surface area contributed by atoms with Gasteiger partial charge in [0.2, 0.25) is 17.7 Å². The van der Waals surface area contributed by atoms with E-state index in [0.717, 1.165) is 0 Å². The monoisotopic (exact) mass is 512 g/mol. The minimum absolute atomic E-state index is 0.0409. The summed E-state index contributed by atoms with van der Waals surface area (Å²) in [5, 5.41) is 14.9. The minimum Gasteiger partial charge on any atom is -0.480 e. The van der Waals surface area contributed by atoms with Crippen LogP contribution in [0.5, 0.6) is 0 Å². The number of nitrogens with one attached hydrogen (secondary N) is 2. The number of likely N-dealkylation sites (tertiary alicyclic amines) is 1. The predicted molar refractivity (Wildman–Crippen MR) is 136 cm³/mol. The van der Waals surface area contributed by atoms with Gasteiger partial charge in [-0.1, -0.05) is 13.8 Å². The van der Waals surface area contributed by atoms with Crippen molar-refractivity contribution in [3.05, 3.63) is 0 Å². The van der Waals surface area contributed by atoms with Crippen LogP contribution in [0.4, 0.5) is 0 Å². The summed E-state index contributed by atoms with van der Waals surface area (Å²) in [5.74, 6) is -2.47. The van der Waals surface area contributed by atoms with Crippen LogP contribution in [0.15, 0.2) is 4.99 Å². The molecule has 1 aliphatic heterocycles. The molecule has 206 valence electrons. The second-order valence-corrected chi connectivity index (χ2v) is 9.62. The lowest BCUT2D eigenvalue weighted by Gasteiger charge is -2.29. The number of carbonyl (C=O) groups excluding carboxylic acids is 3. The molecule has 1 rings (SSSR count). The molecule has 3 amide bonds. The van der Waals surface area contributed by atoms with Crippen LogP contribution in [0.3, 0.4) is 0 Å². The Hall–Kier alpha value is -2.93. The van der Waals surface area contributed by atoms with E-state index >= 15 is 0 Å². The van der Waals surface area contributed by atoms with Crippen molar-refractivity contribution in [2.75, 3.05) is 19.6 Å². The number of carboxylic acids is 1. The van der Waals surface area contributed by atoms with Crippen molar-refractivity contribution in [1.82, 2.24) is 15.5 Å². The van der Waals surface area contributed by atoms with Crippen LogP contribution in [0.1, 0.15) is 65.2 Å². The third-order valence-electron chi connectivity index (χ3n) is 6.03. The molecule has 1 fully saturated rings. The molecule has 36 heavy (non-hydrogen) atoms. The van der Waals surface area contributed by atoms with Crippen molar-refractivity contribution in [2.45, 2.75) is 89.4 Å². The number of hydrogen-bond donors (Lipinski definition) is 7. The van der Waals surface area contributed by atoms with Crippen molar-refractivity contribution in [3.8, 4) is 0 Å². The molecule has 0 bridgehead atoms. The Bertz CT molecular complexity index is 772. The summed E-state index contributed by atoms with van der Waals surface area (Å²) in [7, 11) is 0. The first-order valence-electron chi connectivity index (χ1n) is 12.6. The highest BCUT2D eigenvalue weighted by Crippen LogP contribution is 2.20. The van der Waals surface area contributed by atoms with Crippen LogP contribution in [0, 0.1) is 5.92 Å². The second-order valence-electron chi connectivity index (χ2n) is 9.62. The summed E-state index contributed by atoms with van der Waals surface area (Å²) in [6.07, 6.45) is 3.66. The summed E-state index contributed by atoms with van der Waals surface area (Å²) >= 11 is 0. The average Bonchev–Trinajstić information content (AvgIpc) is 3.30. The highest BCUT2D eigenvalue weighted by Gasteiger charge is 2.38. The van der Waals surface area contributed by atoms with Crippen LogP contribution in [0.2, 0.25) is 0 Å². The molecule has 4 atom stereocenters. The fourth-order valence-corrected chi connectivity index (χ4v) is 4.14. The predicted octanol–water partition coefficient (Wildman–Crippen LogP) is -1.41. The molecule has 1 aliphatic rings. The molecule has 0 spiro atoms. The third kappa shape index (κ3) is 10.8. The second kappa shape index (κ2) is 15.9. The number of hydrogen-bond acceptors (Lipinski definition) is 7. The molecule has 13 heteroatoms. The van der Waals surface area contributed by atoms with E-state index in [2.05, 4.69) is 15.6 Å². The van der Waals surface area contributed by atoms with Gasteiger partial charge in [-0.2, -0.15) is 0 Å². The number of nitrogens with two attached hydrogens (primary N) is 4. The SMILES string of the molecule is CC(C)CC(NC(=O)C(N)CCCN=C(N)N)C(=O)NC(CCCCN)C(=O)N1CCCC1C(=O)O. The lowest BCUT2D eigenvalue weighted by molar-refractivity contribution is -0.149. The van der Waals surface area contributed by atoms with Gasteiger partial charge >= 0.3 is 5.97 Å². The van der Waals surface area contributed by atoms with Crippen molar-refractivity contribution in [1.29, 1.82) is 0 Å². The van der Waals surface area contributed by atoms with Crippen molar-refractivity contribution >= 4 is 29.7 Å². The Labute approximate surface area is 212 Å². The van der Waals surface area contributed by atoms with Gasteiger partial charge in [-0.05, 0) is 63.8 Å². The van der Waals surface area contributed by atoms with Crippen LogP contribution in [0.25, 0.3) is 0 Å². The maximum atomic E-state index is 13.2. The molecule has 13 nitrogen and oxygen atoms in total. The van der Waals surface area contributed by atoms with Gasteiger partial charge in [0, 0.05) is 13.1 Å². The van der Waals surface area contributed by atoms with E-state index in [4.69, 9.17) is 22.9 Å². The van der Waals surface area contributed by atoms with Crippen molar-refractivity contribution in [2.24, 2.45) is 33.8 Å². The standard InChI is InChI=1S/C23H44N8O5/c1-14(2)13-17(30-19(32)15(25)7-5-11-28-23(26)27)20(33)29-16(8-3-4-10-24)21(34)31-12-6-9-18(31)22(35)36/h14-18H,3-13,24-25H2,1-2H3,(H,29,33)(H,30,32)(H,35,36)(H4,26,27,28). The van der Waals surface area contributed by atoms with Gasteiger partial charge in [0.05, 0.1) is 6.04 Å². The van der Waals surface area contributed by atoms with Gasteiger partial charge in [-0.15, -0.1) is 0 Å². The minimum atomic E-state index is -1.06. The first-order valence-corrected chi connectivity index (χ1v) is 12.6. The van der Waals surface area contributed by atoms with E-state index in [1.54, 1.807) is 0 Å². The molecule has 0 aromatic heterocycles. The zero-order valence-corrected chi connectivity index (χ0v) is 21.4. The molecule has 0 aromatic carbocycles. The summed E-state index contributed by atoms with van der Waals surface area (Å²) < 4.78 is 0. The molecular formula is C23H44N8O5. The van der Waals surface area contributed by atoms with E-state index in [1.807, 2.05) is 13.8 Å². The first kappa shape index (κ1) is 31.1. The highest BCUT2D eigenvalue weighted by molar-refractivity contribution is 5.94. The molecule has 0 radical (unpaired) electrons. The Balaban J connectivity index is 2.91. The molecule has 11 N–H and O–H groups in total. The van der Waals surface area contributed by atoms with E-state index in [9.17, 15) is 24.3 Å². The number of aliphatic carboxylic acids is 1. The topological polar surface area (TPSA) is 232 Å². The Morgan fingerprint density at radius 1 is 1.03 bits per heavy atom. The number of carbonyl (C=O) groups is 4. The van der Waals surface area contributed by atoms with E-state index < -0.39 is 47.9 Å². The molecule has 1 saturated heterocycles. The average molecular weight is 513 g/mol. The summed E-state index contributed by atoms with van der Waals surface area (Å²) in [4.78, 5) is 55.9. The van der Waals surface area contributed by atoms with Crippen LogP contribution >= 0.6 is 0 Å². The number of amides is 3. The number of guanidine groups is 1. The van der Waals surface area contributed by atoms with Gasteiger partial charge in [0.25, 0.3) is 0 Å². The third-order valence-corrected chi connectivity index (χ3v) is 6.03. The zero-order valence-electron chi connectivity index (χ0n) is 21.4. The maximum Gasteiger partial charge on any atom is 0.326 e. The van der Waals surface area contributed by atoms with Crippen LogP contribution < -0.4 is 33.6 Å². The number of nitrogens with zero attached hydrogens (tertiary/aromatic N) is 2. The molecule has 4 unspecified atom stereocenters. The first-order chi connectivity index (χ1) is 17.0. The molecular weight excluding hydrogens is 468 g/mol. The fourth-order valence-electron chi connectivity index (χ4n) is 4.14. The number of unbranched alkanes of at least 4 members (excludes halogenated alkanes) is 1. The number of carboxylic acid groups (broad SMARTS) is 1. The fraction of sp³-hybridized carbons (Fsp3) is 0.783. The normalized spacial score (nSPS) is 17.8. The quantitative estimate of drug-likeness (QED) is 0.0729. The van der Waals surface area contributed by atoms with Gasteiger partial charge in [-0.25, -0.2) is 4.79 Å². The lowest BCUT2D eigenvalue weighted by atomic mass is 10.0. The zero-order chi connectivity index (χ0) is 27.3. The van der Waals surface area contributed by atoms with Crippen LogP contribution in [-0.2, 0) is 19.2 Å². The summed E-state index contributed by atoms with van der Waals surface area (Å²) in [6, 6.07) is -3.58. The summed E-state index contributed by atoms with van der Waals surface area (Å²) in [5.41, 5.74) is 22.1. The number of aliphatic imine (C=N–C) groups is 1. The Morgan fingerprint density at radius 3 is 2.28 bits per heavy atom. The van der Waals surface area contributed by atoms with E-state index in [0.29, 0.717) is 71.0 Å². The molecule has 1 heterocycles. The van der Waals surface area contributed by atoms with Crippen molar-refractivity contribution < 1.29 is 24.3 Å². The van der Waals surface area contributed by atoms with Crippen molar-refractivity contribution in [3.63, 3.8) is 0 Å². The highest BCUT2D eigenvalue weighted by atomic mass is 16.4. The smallest absolute Gasteiger partial charge is 0.326 e. The van der Waals surface area contributed by atoms with E-state index in [-0.39, 0.29) is 11.9 Å². The molecule has 0 saturated carbocycles. The lowest BCUT2D eigenvalue weighted by Crippen LogP contribution is -2.57. The Kier molecular flexibility index (Phi) is 13.8.